The third-order valence-corrected chi connectivity index (χ3v) is 4.41. The van der Waals surface area contributed by atoms with Gasteiger partial charge in [-0.1, -0.05) is 0 Å². The van der Waals surface area contributed by atoms with Crippen LogP contribution in [-0.4, -0.2) is 77.6 Å². The Balaban J connectivity index is 1.65. The summed E-state index contributed by atoms with van der Waals surface area (Å²) in [5.74, 6) is -0.140. The number of nitroso groups, excluding NO2 is 1. The third kappa shape index (κ3) is 8.55. The Morgan fingerprint density at radius 1 is 1.35 bits per heavy atom. The predicted molar refractivity (Wildman–Crippen MR) is 96.6 cm³/mol. The van der Waals surface area contributed by atoms with Gasteiger partial charge in [0.05, 0.1) is 33.0 Å². The van der Waals surface area contributed by atoms with E-state index in [0.29, 0.717) is 38.2 Å². The number of nitrogens with zero attached hydrogens (tertiary/aromatic N) is 2. The second kappa shape index (κ2) is 12.3. The Hall–Kier alpha value is -1.06. The number of methoxy groups -OCH3 is 1. The van der Waals surface area contributed by atoms with Gasteiger partial charge in [0, 0.05) is 32.2 Å². The van der Waals surface area contributed by atoms with Crippen molar-refractivity contribution in [3.05, 3.63) is 16.9 Å². The summed E-state index contributed by atoms with van der Waals surface area (Å²) in [6.45, 7) is 4.69. The molecule has 3 unspecified atom stereocenters. The van der Waals surface area contributed by atoms with Crippen LogP contribution in [0.4, 0.5) is 0 Å². The van der Waals surface area contributed by atoms with E-state index in [2.05, 4.69) is 10.1 Å². The number of hydrogen-bond donors (Lipinski definition) is 0. The molecule has 2 rings (SSSR count). The van der Waals surface area contributed by atoms with Gasteiger partial charge in [-0.15, -0.1) is 4.91 Å². The Labute approximate surface area is 155 Å². The largest absolute Gasteiger partial charge is 0.502 e. The lowest BCUT2D eigenvalue weighted by Gasteiger charge is -2.23. The Morgan fingerprint density at radius 2 is 2.19 bits per heavy atom. The Morgan fingerprint density at radius 3 is 2.85 bits per heavy atom. The van der Waals surface area contributed by atoms with E-state index in [0.717, 1.165) is 45.4 Å². The molecule has 8 nitrogen and oxygen atoms in total. The number of hydrogen-bond acceptors (Lipinski definition) is 8. The van der Waals surface area contributed by atoms with Crippen molar-refractivity contribution in [1.29, 1.82) is 0 Å². The fourth-order valence-corrected chi connectivity index (χ4v) is 2.96. The van der Waals surface area contributed by atoms with Crippen LogP contribution in [0.5, 0.6) is 0 Å². The van der Waals surface area contributed by atoms with Crippen LogP contribution in [0.3, 0.4) is 0 Å². The number of epoxide rings is 1. The standard InChI is InChI=1S/C18H32N2O6/c1-20(11-16-13-26-16)10-15(17(19-21)14-22-2)12-23-7-5-9-25-18-6-3-4-8-24-18/h14-16,18H,3-13H2,1-2H3/b17-14-. The highest BCUT2D eigenvalue weighted by atomic mass is 16.7. The molecule has 0 N–H and O–H groups in total. The van der Waals surface area contributed by atoms with E-state index in [1.807, 2.05) is 7.05 Å². The second-order valence-corrected chi connectivity index (χ2v) is 6.84. The summed E-state index contributed by atoms with van der Waals surface area (Å²) in [5.41, 5.74) is 0.364. The monoisotopic (exact) mass is 372 g/mol. The lowest BCUT2D eigenvalue weighted by atomic mass is 10.1. The van der Waals surface area contributed by atoms with Crippen molar-refractivity contribution in [3.63, 3.8) is 0 Å². The van der Waals surface area contributed by atoms with E-state index in [1.165, 1.54) is 13.4 Å². The van der Waals surface area contributed by atoms with Crippen LogP contribution in [-0.2, 0) is 23.7 Å². The molecule has 2 aliphatic rings. The van der Waals surface area contributed by atoms with Crippen molar-refractivity contribution in [3.8, 4) is 0 Å². The highest BCUT2D eigenvalue weighted by molar-refractivity contribution is 5.03. The fourth-order valence-electron chi connectivity index (χ4n) is 2.96. The highest BCUT2D eigenvalue weighted by Crippen LogP contribution is 2.18. The van der Waals surface area contributed by atoms with Crippen LogP contribution in [0.25, 0.3) is 0 Å². The SMILES string of the molecule is CO/C=C(\N=O)C(COCCCOC1CCCCO1)CN(C)CC1CO1. The van der Waals surface area contributed by atoms with Crippen LogP contribution < -0.4 is 0 Å². The first-order valence-electron chi connectivity index (χ1n) is 9.40. The topological polar surface area (TPSA) is 82.1 Å². The van der Waals surface area contributed by atoms with Gasteiger partial charge in [0.2, 0.25) is 0 Å². The van der Waals surface area contributed by atoms with E-state index in [1.54, 1.807) is 0 Å². The number of ether oxygens (including phenoxy) is 5. The Bertz CT molecular complexity index is 424. The maximum Gasteiger partial charge on any atom is 0.157 e. The first-order chi connectivity index (χ1) is 12.7. The van der Waals surface area contributed by atoms with Crippen molar-refractivity contribution in [2.24, 2.45) is 11.1 Å². The lowest BCUT2D eigenvalue weighted by Crippen LogP contribution is -2.32. The minimum Gasteiger partial charge on any atom is -0.502 e. The summed E-state index contributed by atoms with van der Waals surface area (Å²) in [6.07, 6.45) is 5.67. The van der Waals surface area contributed by atoms with Crippen molar-refractivity contribution in [2.45, 2.75) is 38.1 Å². The van der Waals surface area contributed by atoms with Gasteiger partial charge in [0.15, 0.2) is 6.29 Å². The minimum atomic E-state index is -0.140. The molecule has 0 aliphatic carbocycles. The van der Waals surface area contributed by atoms with Crippen molar-refractivity contribution in [2.75, 3.05) is 60.3 Å². The molecule has 0 aromatic carbocycles. The number of rotatable bonds is 14. The van der Waals surface area contributed by atoms with Gasteiger partial charge >= 0.3 is 0 Å². The highest BCUT2D eigenvalue weighted by Gasteiger charge is 2.26. The van der Waals surface area contributed by atoms with Gasteiger partial charge < -0.3 is 28.6 Å². The van der Waals surface area contributed by atoms with Crippen LogP contribution in [0, 0.1) is 10.8 Å². The molecule has 2 heterocycles. The van der Waals surface area contributed by atoms with Gasteiger partial charge in [0.25, 0.3) is 0 Å². The molecule has 150 valence electrons. The van der Waals surface area contributed by atoms with Gasteiger partial charge in [0.1, 0.15) is 12.0 Å². The van der Waals surface area contributed by atoms with Crippen LogP contribution in [0.2, 0.25) is 0 Å². The predicted octanol–water partition coefficient (Wildman–Crippen LogP) is 2.14. The fraction of sp³-hybridized carbons (Fsp3) is 0.889. The molecule has 0 aromatic heterocycles. The van der Waals surface area contributed by atoms with Crippen molar-refractivity contribution in [1.82, 2.24) is 4.90 Å². The quantitative estimate of drug-likeness (QED) is 0.200. The van der Waals surface area contributed by atoms with E-state index in [9.17, 15) is 4.91 Å². The molecule has 0 saturated carbocycles. The minimum absolute atomic E-state index is 0.0645. The summed E-state index contributed by atoms with van der Waals surface area (Å²) in [5, 5.41) is 3.11. The van der Waals surface area contributed by atoms with Crippen LogP contribution in [0.15, 0.2) is 17.1 Å². The molecular weight excluding hydrogens is 340 g/mol. The third-order valence-electron chi connectivity index (χ3n) is 4.41. The van der Waals surface area contributed by atoms with Crippen molar-refractivity contribution < 1.29 is 23.7 Å². The smallest absolute Gasteiger partial charge is 0.157 e. The van der Waals surface area contributed by atoms with Gasteiger partial charge in [-0.25, -0.2) is 0 Å². The average molecular weight is 372 g/mol. The first-order valence-corrected chi connectivity index (χ1v) is 9.40. The van der Waals surface area contributed by atoms with Gasteiger partial charge in [-0.05, 0) is 37.9 Å². The zero-order valence-electron chi connectivity index (χ0n) is 15.9. The van der Waals surface area contributed by atoms with E-state index in [-0.39, 0.29) is 12.2 Å². The van der Waals surface area contributed by atoms with E-state index < -0.39 is 0 Å². The summed E-state index contributed by atoms with van der Waals surface area (Å²) in [7, 11) is 3.51. The summed E-state index contributed by atoms with van der Waals surface area (Å²) in [6, 6.07) is 0. The molecule has 2 aliphatic heterocycles. The molecule has 3 atom stereocenters. The summed E-state index contributed by atoms with van der Waals surface area (Å²) < 4.78 is 27.2. The average Bonchev–Trinajstić information content (AvgIpc) is 3.46. The molecule has 0 spiro atoms. The normalized spacial score (nSPS) is 24.5. The maximum absolute atomic E-state index is 11.1. The zero-order valence-corrected chi connectivity index (χ0v) is 15.9. The molecule has 0 bridgehead atoms. The van der Waals surface area contributed by atoms with Gasteiger partial charge in [-0.2, -0.15) is 0 Å². The molecule has 2 fully saturated rings. The Kier molecular flexibility index (Phi) is 10.1. The zero-order chi connectivity index (χ0) is 18.6. The summed E-state index contributed by atoms with van der Waals surface area (Å²) >= 11 is 0. The van der Waals surface area contributed by atoms with E-state index >= 15 is 0 Å². The second-order valence-electron chi connectivity index (χ2n) is 6.84. The maximum atomic E-state index is 11.1. The van der Waals surface area contributed by atoms with Crippen LogP contribution in [0.1, 0.15) is 25.7 Å². The summed E-state index contributed by atoms with van der Waals surface area (Å²) in [4.78, 5) is 13.3. The van der Waals surface area contributed by atoms with Crippen molar-refractivity contribution >= 4 is 0 Å². The molecular formula is C18H32N2O6. The van der Waals surface area contributed by atoms with Crippen LogP contribution >= 0.6 is 0 Å². The molecule has 2 saturated heterocycles. The number of likely N-dealkylation sites (N-methyl/N-ethyl adjacent to an activating group) is 1. The molecule has 26 heavy (non-hydrogen) atoms. The molecule has 0 aromatic rings. The molecule has 0 radical (unpaired) electrons. The van der Waals surface area contributed by atoms with Gasteiger partial charge in [-0.3, -0.25) is 0 Å². The molecule has 0 amide bonds. The molecule has 8 heteroatoms. The van der Waals surface area contributed by atoms with E-state index in [4.69, 9.17) is 23.7 Å². The first kappa shape index (κ1) is 21.2. The lowest BCUT2D eigenvalue weighted by molar-refractivity contribution is -0.164.